The number of nitrogens with zero attached hydrogens (tertiary/aromatic N) is 3. The quantitative estimate of drug-likeness (QED) is 0.887. The highest BCUT2D eigenvalue weighted by Crippen LogP contribution is 2.32. The van der Waals surface area contributed by atoms with E-state index in [2.05, 4.69) is 30.7 Å². The molecular weight excluding hydrogens is 282 g/mol. The predicted molar refractivity (Wildman–Crippen MR) is 88.3 cm³/mol. The van der Waals surface area contributed by atoms with Gasteiger partial charge in [0.1, 0.15) is 16.5 Å². The number of hydrogen-bond acceptors (Lipinski definition) is 6. The molecule has 5 nitrogen and oxygen atoms in total. The van der Waals surface area contributed by atoms with Crippen molar-refractivity contribution in [2.75, 3.05) is 18.8 Å². The van der Waals surface area contributed by atoms with Gasteiger partial charge in [-0.25, -0.2) is 9.97 Å². The Bertz CT molecular complexity index is 666. The minimum Gasteiger partial charge on any atom is -0.383 e. The maximum Gasteiger partial charge on any atom is 0.146 e. The van der Waals surface area contributed by atoms with Crippen LogP contribution in [0.15, 0.2) is 0 Å². The summed E-state index contributed by atoms with van der Waals surface area (Å²) in [5, 5.41) is 1.02. The van der Waals surface area contributed by atoms with Crippen LogP contribution in [0.25, 0.3) is 10.2 Å². The summed E-state index contributed by atoms with van der Waals surface area (Å²) < 4.78 is 0. The summed E-state index contributed by atoms with van der Waals surface area (Å²) in [4.78, 5) is 13.8. The van der Waals surface area contributed by atoms with Crippen molar-refractivity contribution in [1.29, 1.82) is 0 Å². The average molecular weight is 305 g/mol. The lowest BCUT2D eigenvalue weighted by molar-refractivity contribution is 0.159. The summed E-state index contributed by atoms with van der Waals surface area (Å²) in [5.74, 6) is 2.01. The van der Waals surface area contributed by atoms with Gasteiger partial charge in [-0.1, -0.05) is 6.92 Å². The van der Waals surface area contributed by atoms with Crippen molar-refractivity contribution in [3.63, 3.8) is 0 Å². The molecule has 0 radical (unpaired) electrons. The van der Waals surface area contributed by atoms with Crippen LogP contribution >= 0.6 is 11.3 Å². The number of hydrogen-bond donors (Lipinski definition) is 2. The number of piperidine rings is 1. The number of aromatic nitrogens is 2. The molecule has 1 aliphatic heterocycles. The second kappa shape index (κ2) is 5.51. The molecule has 21 heavy (non-hydrogen) atoms. The Morgan fingerprint density at radius 3 is 2.81 bits per heavy atom. The molecule has 0 spiro atoms. The number of rotatable bonds is 2. The first-order valence-corrected chi connectivity index (χ1v) is 8.27. The number of nitrogen functional groups attached to an aromatic ring is 1. The fourth-order valence-electron chi connectivity index (χ4n) is 2.91. The van der Waals surface area contributed by atoms with Gasteiger partial charge in [0.2, 0.25) is 0 Å². The van der Waals surface area contributed by atoms with Crippen molar-refractivity contribution in [2.45, 2.75) is 39.8 Å². The largest absolute Gasteiger partial charge is 0.383 e. The van der Waals surface area contributed by atoms with Gasteiger partial charge in [0.25, 0.3) is 0 Å². The van der Waals surface area contributed by atoms with Crippen LogP contribution in [-0.4, -0.2) is 34.0 Å². The SMILES string of the molecule is Cc1sc2nc(CN3CCC(C)C(N)C3)nc(N)c2c1C. The topological polar surface area (TPSA) is 81.1 Å². The molecular formula is C15H23N5S. The van der Waals surface area contributed by atoms with Crippen LogP contribution in [0.2, 0.25) is 0 Å². The summed E-state index contributed by atoms with van der Waals surface area (Å²) in [6.45, 7) is 9.10. The fraction of sp³-hybridized carbons (Fsp3) is 0.600. The fourth-order valence-corrected chi connectivity index (χ4v) is 3.97. The molecule has 0 saturated carbocycles. The van der Waals surface area contributed by atoms with Crippen molar-refractivity contribution < 1.29 is 0 Å². The molecule has 2 unspecified atom stereocenters. The van der Waals surface area contributed by atoms with Gasteiger partial charge < -0.3 is 11.5 Å². The lowest BCUT2D eigenvalue weighted by Crippen LogP contribution is -2.47. The van der Waals surface area contributed by atoms with Gasteiger partial charge in [-0.2, -0.15) is 0 Å². The van der Waals surface area contributed by atoms with E-state index in [1.165, 1.54) is 10.4 Å². The number of likely N-dealkylation sites (tertiary alicyclic amines) is 1. The summed E-state index contributed by atoms with van der Waals surface area (Å²) in [7, 11) is 0. The highest BCUT2D eigenvalue weighted by molar-refractivity contribution is 7.18. The van der Waals surface area contributed by atoms with Crippen LogP contribution in [0.4, 0.5) is 5.82 Å². The Balaban J connectivity index is 1.85. The van der Waals surface area contributed by atoms with Gasteiger partial charge in [0, 0.05) is 17.5 Å². The molecule has 6 heteroatoms. The Morgan fingerprint density at radius 2 is 2.10 bits per heavy atom. The summed E-state index contributed by atoms with van der Waals surface area (Å²) in [5.41, 5.74) is 13.5. The minimum absolute atomic E-state index is 0.242. The van der Waals surface area contributed by atoms with E-state index in [1.807, 2.05) is 0 Å². The Labute approximate surface area is 129 Å². The van der Waals surface area contributed by atoms with Crippen molar-refractivity contribution >= 4 is 27.4 Å². The second-order valence-electron chi connectivity index (χ2n) is 6.15. The van der Waals surface area contributed by atoms with Crippen LogP contribution in [0.5, 0.6) is 0 Å². The summed E-state index contributed by atoms with van der Waals surface area (Å²) >= 11 is 1.70. The van der Waals surface area contributed by atoms with Crippen molar-refractivity contribution in [1.82, 2.24) is 14.9 Å². The molecule has 0 aromatic carbocycles. The predicted octanol–water partition coefficient (Wildman–Crippen LogP) is 2.06. The summed E-state index contributed by atoms with van der Waals surface area (Å²) in [6.07, 6.45) is 1.14. The molecule has 0 amide bonds. The standard InChI is InChI=1S/C15H23N5S/c1-8-4-5-20(6-11(8)16)7-12-18-14(17)13-9(2)10(3)21-15(13)19-12/h8,11H,4-7,16H2,1-3H3,(H2,17,18,19). The molecule has 0 aliphatic carbocycles. The van der Waals surface area contributed by atoms with E-state index in [9.17, 15) is 0 Å². The maximum absolute atomic E-state index is 6.16. The van der Waals surface area contributed by atoms with E-state index in [-0.39, 0.29) is 6.04 Å². The highest BCUT2D eigenvalue weighted by Gasteiger charge is 2.24. The molecule has 0 bridgehead atoms. The Morgan fingerprint density at radius 1 is 1.33 bits per heavy atom. The molecule has 1 fully saturated rings. The molecule has 114 valence electrons. The average Bonchev–Trinajstić information content (AvgIpc) is 2.70. The number of anilines is 1. The lowest BCUT2D eigenvalue weighted by atomic mass is 9.94. The van der Waals surface area contributed by atoms with E-state index >= 15 is 0 Å². The van der Waals surface area contributed by atoms with Crippen molar-refractivity contribution in [3.05, 3.63) is 16.3 Å². The molecule has 2 aromatic heterocycles. The van der Waals surface area contributed by atoms with E-state index in [1.54, 1.807) is 11.3 Å². The maximum atomic E-state index is 6.16. The van der Waals surface area contributed by atoms with E-state index in [0.29, 0.717) is 11.7 Å². The number of thiophene rings is 1. The van der Waals surface area contributed by atoms with Crippen LogP contribution in [0, 0.1) is 19.8 Å². The third-order valence-electron chi connectivity index (χ3n) is 4.57. The molecule has 1 aliphatic rings. The van der Waals surface area contributed by atoms with Gasteiger partial charge in [-0.3, -0.25) is 4.90 Å². The zero-order valence-corrected chi connectivity index (χ0v) is 13.7. The lowest BCUT2D eigenvalue weighted by Gasteiger charge is -2.34. The first-order valence-electron chi connectivity index (χ1n) is 7.45. The van der Waals surface area contributed by atoms with Crippen LogP contribution in [0.1, 0.15) is 29.6 Å². The van der Waals surface area contributed by atoms with Crippen LogP contribution in [-0.2, 0) is 6.54 Å². The molecule has 3 rings (SSSR count). The first-order chi connectivity index (χ1) is 9.95. The van der Waals surface area contributed by atoms with Crippen LogP contribution < -0.4 is 11.5 Å². The monoisotopic (exact) mass is 305 g/mol. The third-order valence-corrected chi connectivity index (χ3v) is 5.67. The van der Waals surface area contributed by atoms with E-state index in [4.69, 9.17) is 16.5 Å². The van der Waals surface area contributed by atoms with Gasteiger partial charge >= 0.3 is 0 Å². The zero-order chi connectivity index (χ0) is 15.1. The Hall–Kier alpha value is -1.24. The smallest absolute Gasteiger partial charge is 0.146 e. The molecule has 2 aromatic rings. The molecule has 2 atom stereocenters. The van der Waals surface area contributed by atoms with Gasteiger partial charge in [-0.05, 0) is 38.3 Å². The highest BCUT2D eigenvalue weighted by atomic mass is 32.1. The van der Waals surface area contributed by atoms with E-state index < -0.39 is 0 Å². The van der Waals surface area contributed by atoms with Crippen molar-refractivity contribution in [2.24, 2.45) is 11.7 Å². The van der Waals surface area contributed by atoms with Gasteiger partial charge in [0.05, 0.1) is 11.9 Å². The third kappa shape index (κ3) is 2.75. The molecule has 1 saturated heterocycles. The van der Waals surface area contributed by atoms with Gasteiger partial charge in [0.15, 0.2) is 0 Å². The first kappa shape index (κ1) is 14.7. The number of nitrogens with two attached hydrogens (primary N) is 2. The summed E-state index contributed by atoms with van der Waals surface area (Å²) in [6, 6.07) is 0.242. The number of aryl methyl sites for hydroxylation is 2. The normalized spacial score (nSPS) is 23.8. The van der Waals surface area contributed by atoms with Crippen LogP contribution in [0.3, 0.4) is 0 Å². The second-order valence-corrected chi connectivity index (χ2v) is 7.36. The van der Waals surface area contributed by atoms with Crippen molar-refractivity contribution in [3.8, 4) is 0 Å². The Kier molecular flexibility index (Phi) is 3.86. The zero-order valence-electron chi connectivity index (χ0n) is 12.9. The minimum atomic E-state index is 0.242. The van der Waals surface area contributed by atoms with Gasteiger partial charge in [-0.15, -0.1) is 11.3 Å². The molecule has 4 N–H and O–H groups in total. The van der Waals surface area contributed by atoms with E-state index in [0.717, 1.165) is 42.1 Å². The number of fused-ring (bicyclic) bond motifs is 1. The molecule has 3 heterocycles.